The molecule has 420 valence electrons. The van der Waals surface area contributed by atoms with Crippen LogP contribution in [-0.2, 0) is 29.2 Å². The van der Waals surface area contributed by atoms with Crippen LogP contribution < -0.4 is 10.5 Å². The van der Waals surface area contributed by atoms with Gasteiger partial charge in [-0.3, -0.25) is 9.59 Å². The molecule has 3 N–H and O–H groups in total. The first-order valence-electron chi connectivity index (χ1n) is 28.8. The van der Waals surface area contributed by atoms with E-state index in [1.807, 2.05) is 39.8 Å². The number of nitrogens with two attached hydrogens (primary N) is 1. The predicted molar refractivity (Wildman–Crippen MR) is 288 cm³/mol. The lowest BCUT2D eigenvalue weighted by atomic mass is 9.32. The van der Waals surface area contributed by atoms with Crippen LogP contribution >= 0.6 is 0 Å². The highest BCUT2D eigenvalue weighted by Crippen LogP contribution is 2.77. The highest BCUT2D eigenvalue weighted by atomic mass is 32.2. The molecule has 0 saturated heterocycles. The van der Waals surface area contributed by atoms with Crippen molar-refractivity contribution >= 4 is 33.2 Å². The van der Waals surface area contributed by atoms with Crippen LogP contribution in [0.5, 0.6) is 0 Å². The smallest absolute Gasteiger partial charge is 0.325 e. The minimum Gasteiger partial charge on any atom is -0.325 e. The van der Waals surface area contributed by atoms with E-state index in [0.29, 0.717) is 44.3 Å². The standard InChI is InChI=1S/C32H45F3N2O4S.C30H44N2O2/c1-26(2)11-13-31(37-42(40,41)18-32(33,34)35)14-12-30(7)24(19(31)16-26)21(38)15-23-28(5)17-20(36-8)25(39)27(3,4)22(28)9-10-29(23,30)6;1-25(2)11-13-30(31)14-12-29(7)23(18(30)16-25)20(33)15-22-27(5)17-19(32-8)24(34)26(3,4)21(27)9-10-28(22,29)6/h17,19,22-24,37H,9-16,18H2,1-7H3;17-18,21-23H,9-16,31H2,1-7H3/t19-,22-,23+,24-,28-,29+,30+,31-;18-,21-,22+,23-,27-,28+,29+,30-/m00/s1. The van der Waals surface area contributed by atoms with Gasteiger partial charge in [0.2, 0.25) is 21.4 Å². The molecule has 10 aliphatic rings. The molecule has 0 aliphatic heterocycles. The lowest BCUT2D eigenvalue weighted by Gasteiger charge is -2.72. The van der Waals surface area contributed by atoms with Crippen LogP contribution in [0.25, 0.3) is 9.69 Å². The third-order valence-corrected chi connectivity index (χ3v) is 27.1. The molecular weight excluding hydrogens is 986 g/mol. The molecule has 16 atom stereocenters. The van der Waals surface area contributed by atoms with Crippen molar-refractivity contribution in [3.63, 3.8) is 0 Å². The third-order valence-electron chi connectivity index (χ3n) is 25.7. The van der Waals surface area contributed by atoms with E-state index >= 15 is 0 Å². The Morgan fingerprint density at radius 3 is 1.38 bits per heavy atom. The van der Waals surface area contributed by atoms with Crippen molar-refractivity contribution in [1.29, 1.82) is 0 Å². The number of nitrogens with zero attached hydrogens (tertiary/aromatic N) is 2. The van der Waals surface area contributed by atoms with Gasteiger partial charge in [-0.15, -0.1) is 0 Å². The van der Waals surface area contributed by atoms with E-state index in [9.17, 15) is 40.8 Å². The molecule has 10 aliphatic carbocycles. The Kier molecular flexibility index (Phi) is 13.0. The number of rotatable bonds is 3. The summed E-state index contributed by atoms with van der Waals surface area (Å²) in [7, 11) is -4.68. The quantitative estimate of drug-likeness (QED) is 0.267. The van der Waals surface area contributed by atoms with E-state index in [1.165, 1.54) is 0 Å². The summed E-state index contributed by atoms with van der Waals surface area (Å²) in [5.41, 5.74) is 3.10. The molecule has 10 rings (SSSR count). The summed E-state index contributed by atoms with van der Waals surface area (Å²) >= 11 is 0. The molecule has 14 heteroatoms. The van der Waals surface area contributed by atoms with Crippen LogP contribution in [0.3, 0.4) is 0 Å². The van der Waals surface area contributed by atoms with Gasteiger partial charge >= 0.3 is 6.18 Å². The number of carbonyl (C=O) groups is 4. The van der Waals surface area contributed by atoms with Crippen LogP contribution in [0.2, 0.25) is 0 Å². The summed E-state index contributed by atoms with van der Waals surface area (Å²) in [5.74, 6) is -2.13. The lowest BCUT2D eigenvalue weighted by Crippen LogP contribution is -2.72. The Hall–Kier alpha value is -3.20. The maximum atomic E-state index is 14.5. The fourth-order valence-corrected chi connectivity index (χ4v) is 22.8. The Balaban J connectivity index is 0.000000190. The van der Waals surface area contributed by atoms with Crippen molar-refractivity contribution in [3.8, 4) is 0 Å². The van der Waals surface area contributed by atoms with Gasteiger partial charge in [-0.2, -0.15) is 13.2 Å². The van der Waals surface area contributed by atoms with E-state index in [4.69, 9.17) is 18.9 Å². The van der Waals surface area contributed by atoms with E-state index in [0.717, 1.165) is 57.8 Å². The molecule has 0 radical (unpaired) electrons. The number of carbonyl (C=O) groups excluding carboxylic acids is 4. The SMILES string of the molecule is [C-]#[N+]C1=C[C@]2(C)[C@H]3CC(=O)[C@@H]4[C@@H]5CC(C)(C)CC[C@]5(N)CC[C@@]4(C)[C@]3(C)CC[C@H]2C(C)(C)C1=O.[C-]#[N+]C1=C[C@]2(C)[C@H]3CC(=O)[C@@H]4[C@@H]5CC(C)(C)CC[C@]5(NS(=O)(=O)CC(F)(F)F)CC[C@@]4(C)[C@]3(C)CC[C@H]2C(C)(C)C1=O. The minimum atomic E-state index is -4.86. The molecule has 0 aromatic heterocycles. The fraction of sp³-hybridized carbons (Fsp3) is 0.839. The van der Waals surface area contributed by atoms with Crippen molar-refractivity contribution in [3.05, 3.63) is 46.4 Å². The number of hydrogen-bond donors (Lipinski definition) is 2. The molecule has 0 aromatic rings. The normalized spacial score (nSPS) is 47.5. The van der Waals surface area contributed by atoms with Gasteiger partial charge in [-0.25, -0.2) is 22.8 Å². The van der Waals surface area contributed by atoms with Crippen molar-refractivity contribution < 1.29 is 40.8 Å². The minimum absolute atomic E-state index is 0.0140. The summed E-state index contributed by atoms with van der Waals surface area (Å²) in [5, 5.41) is 0. The van der Waals surface area contributed by atoms with E-state index in [2.05, 4.69) is 83.6 Å². The number of allylic oxidation sites excluding steroid dienone is 4. The monoisotopic (exact) mass is 1070 g/mol. The summed E-state index contributed by atoms with van der Waals surface area (Å²) in [6, 6.07) is 0. The maximum Gasteiger partial charge on any atom is 0.404 e. The number of fused-ring (bicyclic) bond motifs is 14. The molecule has 0 unspecified atom stereocenters. The number of ketones is 4. The van der Waals surface area contributed by atoms with Crippen molar-refractivity contribution in [1.82, 2.24) is 4.72 Å². The zero-order valence-electron chi connectivity index (χ0n) is 48.3. The van der Waals surface area contributed by atoms with Crippen LogP contribution in [-0.4, -0.2) is 54.6 Å². The van der Waals surface area contributed by atoms with Crippen molar-refractivity contribution in [2.45, 2.75) is 217 Å². The first kappa shape index (κ1) is 57.5. The second kappa shape index (κ2) is 17.2. The molecule has 76 heavy (non-hydrogen) atoms. The number of halogens is 3. The van der Waals surface area contributed by atoms with Gasteiger partial charge in [0.25, 0.3) is 0 Å². The second-order valence-corrected chi connectivity index (χ2v) is 32.9. The van der Waals surface area contributed by atoms with E-state index in [1.54, 1.807) is 0 Å². The molecule has 10 nitrogen and oxygen atoms in total. The summed E-state index contributed by atoms with van der Waals surface area (Å²) in [4.78, 5) is 62.4. The molecule has 0 heterocycles. The molecule has 0 amide bonds. The Morgan fingerprint density at radius 1 is 0.566 bits per heavy atom. The van der Waals surface area contributed by atoms with Gasteiger partial charge in [-0.1, -0.05) is 109 Å². The summed E-state index contributed by atoms with van der Waals surface area (Å²) in [6.45, 7) is 45.8. The highest BCUT2D eigenvalue weighted by Gasteiger charge is 2.74. The number of hydrogen-bond acceptors (Lipinski definition) is 7. The molecule has 8 saturated carbocycles. The molecule has 8 fully saturated rings. The Labute approximate surface area is 453 Å². The van der Waals surface area contributed by atoms with Gasteiger partial charge in [0, 0.05) is 46.6 Å². The van der Waals surface area contributed by atoms with Gasteiger partial charge in [0.15, 0.2) is 17.3 Å². The Morgan fingerprint density at radius 2 is 0.947 bits per heavy atom. The van der Waals surface area contributed by atoms with Crippen molar-refractivity contribution in [2.75, 3.05) is 5.75 Å². The van der Waals surface area contributed by atoms with Gasteiger partial charge in [0.05, 0.1) is 13.1 Å². The maximum absolute atomic E-state index is 14.5. The number of nitrogens with one attached hydrogen (secondary N) is 1. The third kappa shape index (κ3) is 8.07. The van der Waals surface area contributed by atoms with Gasteiger partial charge in [-0.05, 0) is 169 Å². The summed E-state index contributed by atoms with van der Waals surface area (Å²) in [6.07, 6.45) is 11.1. The van der Waals surface area contributed by atoms with Gasteiger partial charge < -0.3 is 15.3 Å². The second-order valence-electron chi connectivity index (χ2n) is 31.2. The van der Waals surface area contributed by atoms with Crippen LogP contribution in [0.4, 0.5) is 13.2 Å². The average Bonchev–Trinajstić information content (AvgIpc) is 3.28. The number of sulfonamides is 1. The number of alkyl halides is 3. The van der Waals surface area contributed by atoms with E-state index in [-0.39, 0.29) is 109 Å². The van der Waals surface area contributed by atoms with Crippen LogP contribution in [0.1, 0.15) is 200 Å². The van der Waals surface area contributed by atoms with E-state index < -0.39 is 61.0 Å². The van der Waals surface area contributed by atoms with Crippen molar-refractivity contribution in [2.24, 2.45) is 107 Å². The molecule has 0 spiro atoms. The number of Topliss-reactive ketones (excluding diaryl/α,β-unsaturated/α-hetero) is 4. The zero-order valence-corrected chi connectivity index (χ0v) is 49.1. The predicted octanol–water partition coefficient (Wildman–Crippen LogP) is 13.2. The average molecular weight is 1080 g/mol. The largest absolute Gasteiger partial charge is 0.404 e. The zero-order chi connectivity index (χ0) is 56.6. The first-order chi connectivity index (χ1) is 34.5. The topological polar surface area (TPSA) is 149 Å². The fourth-order valence-electron chi connectivity index (χ4n) is 21.3. The molecular formula is C62H89F3N4O6S. The van der Waals surface area contributed by atoms with Crippen LogP contribution in [0.15, 0.2) is 23.5 Å². The highest BCUT2D eigenvalue weighted by molar-refractivity contribution is 7.89. The Bertz CT molecular complexity index is 2800. The van der Waals surface area contributed by atoms with Crippen LogP contribution in [0, 0.1) is 115 Å². The lowest BCUT2D eigenvalue weighted by molar-refractivity contribution is -0.214. The first-order valence-corrected chi connectivity index (χ1v) is 30.4. The van der Waals surface area contributed by atoms with Gasteiger partial charge in [0.1, 0.15) is 11.6 Å². The molecule has 0 bridgehead atoms. The summed E-state index contributed by atoms with van der Waals surface area (Å²) < 4.78 is 68.2. The molecule has 0 aromatic carbocycles.